The molecule has 0 unspecified atom stereocenters. The molecule has 0 fully saturated rings. The van der Waals surface area contributed by atoms with E-state index in [1.54, 1.807) is 0 Å². The number of hydrogen-bond acceptors (Lipinski definition) is 2. The zero-order valence-electron chi connectivity index (χ0n) is 17.2. The number of nitrogens with zero attached hydrogens (tertiary/aromatic N) is 1. The van der Waals surface area contributed by atoms with Crippen molar-refractivity contribution in [3.8, 4) is 5.75 Å². The van der Waals surface area contributed by atoms with E-state index in [1.165, 1.54) is 0 Å². The van der Waals surface area contributed by atoms with Crippen molar-refractivity contribution in [1.82, 2.24) is 4.34 Å². The quantitative estimate of drug-likeness (QED) is 0.457. The minimum absolute atomic E-state index is 0.349. The molecule has 144 valence electrons. The monoisotopic (exact) mass is 383 g/mol. The summed E-state index contributed by atoms with van der Waals surface area (Å²) in [5.41, 5.74) is 2.10. The van der Waals surface area contributed by atoms with Crippen LogP contribution in [0.3, 0.4) is 0 Å². The van der Waals surface area contributed by atoms with E-state index in [0.717, 1.165) is 22.2 Å². The van der Waals surface area contributed by atoms with Crippen LogP contribution in [0.25, 0.3) is 10.9 Å². The van der Waals surface area contributed by atoms with E-state index in [2.05, 4.69) is 53.7 Å². The van der Waals surface area contributed by atoms with Crippen LogP contribution in [0.1, 0.15) is 47.1 Å². The smallest absolute Gasteiger partial charge is 0.186 e. The highest BCUT2D eigenvalue weighted by Crippen LogP contribution is 2.68. The Balaban J connectivity index is 2.06. The molecule has 0 radical (unpaired) electrons. The second-order valence-corrected chi connectivity index (χ2v) is 13.3. The van der Waals surface area contributed by atoms with Crippen molar-refractivity contribution < 1.29 is 9.30 Å². The van der Waals surface area contributed by atoms with Gasteiger partial charge in [0, 0.05) is 21.9 Å². The zero-order chi connectivity index (χ0) is 19.9. The zero-order valence-corrected chi connectivity index (χ0v) is 18.1. The van der Waals surface area contributed by atoms with Gasteiger partial charge in [0.25, 0.3) is 0 Å². The van der Waals surface area contributed by atoms with Crippen molar-refractivity contribution in [2.45, 2.75) is 58.5 Å². The Morgan fingerprint density at radius 2 is 1.48 bits per heavy atom. The summed E-state index contributed by atoms with van der Waals surface area (Å²) in [5, 5.41) is 0.304. The fourth-order valence-corrected chi connectivity index (χ4v) is 7.92. The Morgan fingerprint density at radius 3 is 2.07 bits per heavy atom. The van der Waals surface area contributed by atoms with Gasteiger partial charge in [-0.2, -0.15) is 0 Å². The van der Waals surface area contributed by atoms with Gasteiger partial charge >= 0.3 is 0 Å². The molecule has 2 aromatic carbocycles. The van der Waals surface area contributed by atoms with Crippen molar-refractivity contribution in [2.75, 3.05) is 0 Å². The summed E-state index contributed by atoms with van der Waals surface area (Å²) in [6.45, 7) is 12.9. The number of hydrogen-bond donors (Lipinski definition) is 0. The molecule has 0 saturated heterocycles. The second-order valence-electron chi connectivity index (χ2n) is 9.04. The van der Waals surface area contributed by atoms with Gasteiger partial charge in [-0.15, -0.1) is 0 Å². The average molecular weight is 383 g/mol. The highest BCUT2D eigenvalue weighted by molar-refractivity contribution is 7.65. The predicted molar refractivity (Wildman–Crippen MR) is 115 cm³/mol. The van der Waals surface area contributed by atoms with Gasteiger partial charge in [-0.3, -0.25) is 8.90 Å². The maximum absolute atomic E-state index is 14.3. The van der Waals surface area contributed by atoms with Gasteiger partial charge in [-0.05, 0) is 23.8 Å². The summed E-state index contributed by atoms with van der Waals surface area (Å²) in [4.78, 5) is 0. The molecule has 3 nitrogen and oxygen atoms in total. The van der Waals surface area contributed by atoms with Crippen LogP contribution in [0.15, 0.2) is 60.8 Å². The molecule has 0 aliphatic heterocycles. The van der Waals surface area contributed by atoms with E-state index in [4.69, 9.17) is 4.74 Å². The third kappa shape index (κ3) is 3.46. The third-order valence-electron chi connectivity index (χ3n) is 5.03. The molecule has 0 spiro atoms. The number of aromatic nitrogens is 1. The lowest BCUT2D eigenvalue weighted by molar-refractivity contribution is 0.310. The number of fused-ring (bicyclic) bond motifs is 1. The number of rotatable bonds is 4. The normalized spacial score (nSPS) is 13.1. The Kier molecular flexibility index (Phi) is 5.03. The molecule has 0 aliphatic carbocycles. The summed E-state index contributed by atoms with van der Waals surface area (Å²) in [6, 6.07) is 18.2. The minimum Gasteiger partial charge on any atom is -0.488 e. The van der Waals surface area contributed by atoms with Crippen LogP contribution < -0.4 is 4.74 Å². The Hall–Kier alpha value is -1.99. The van der Waals surface area contributed by atoms with Crippen LogP contribution in [-0.2, 0) is 11.2 Å². The molecular formula is C23H30NO2P. The van der Waals surface area contributed by atoms with Crippen molar-refractivity contribution in [3.05, 3.63) is 66.4 Å². The first kappa shape index (κ1) is 19.8. The predicted octanol–water partition coefficient (Wildman–Crippen LogP) is 6.94. The first-order chi connectivity index (χ1) is 12.6. The second kappa shape index (κ2) is 6.87. The van der Waals surface area contributed by atoms with Crippen LogP contribution in [0.2, 0.25) is 0 Å². The van der Waals surface area contributed by atoms with Crippen molar-refractivity contribution in [2.24, 2.45) is 0 Å². The SMILES string of the molecule is CC(C)(C)P(=O)(n1ccc2c(OCc3ccccc3)cccc21)C(C)(C)C. The van der Waals surface area contributed by atoms with E-state index >= 15 is 0 Å². The largest absolute Gasteiger partial charge is 0.488 e. The summed E-state index contributed by atoms with van der Waals surface area (Å²) in [6.07, 6.45) is 1.97. The third-order valence-corrected chi connectivity index (χ3v) is 9.62. The highest BCUT2D eigenvalue weighted by Gasteiger charge is 2.48. The lowest BCUT2D eigenvalue weighted by Gasteiger charge is -2.42. The van der Waals surface area contributed by atoms with E-state index in [-0.39, 0.29) is 10.3 Å². The summed E-state index contributed by atoms with van der Waals surface area (Å²) < 4.78 is 22.5. The average Bonchev–Trinajstić information content (AvgIpc) is 3.03. The van der Waals surface area contributed by atoms with Gasteiger partial charge < -0.3 is 4.74 Å². The molecule has 0 aliphatic rings. The Morgan fingerprint density at radius 1 is 0.852 bits per heavy atom. The first-order valence-corrected chi connectivity index (χ1v) is 11.1. The van der Waals surface area contributed by atoms with Crippen LogP contribution in [0.4, 0.5) is 0 Å². The van der Waals surface area contributed by atoms with E-state index in [9.17, 15) is 4.57 Å². The maximum Gasteiger partial charge on any atom is 0.186 e. The van der Waals surface area contributed by atoms with Gasteiger partial charge in [0.2, 0.25) is 0 Å². The molecule has 4 heteroatoms. The van der Waals surface area contributed by atoms with Gasteiger partial charge in [0.1, 0.15) is 12.4 Å². The fraction of sp³-hybridized carbons (Fsp3) is 0.391. The number of benzene rings is 2. The molecular weight excluding hydrogens is 353 g/mol. The minimum atomic E-state index is -2.77. The lowest BCUT2D eigenvalue weighted by Crippen LogP contribution is -2.32. The lowest BCUT2D eigenvalue weighted by atomic mass is 10.2. The van der Waals surface area contributed by atoms with Crippen molar-refractivity contribution in [3.63, 3.8) is 0 Å². The van der Waals surface area contributed by atoms with Crippen LogP contribution >= 0.6 is 7.29 Å². The van der Waals surface area contributed by atoms with E-state index in [1.807, 2.05) is 53.0 Å². The fourth-order valence-electron chi connectivity index (χ4n) is 3.88. The van der Waals surface area contributed by atoms with Crippen molar-refractivity contribution in [1.29, 1.82) is 0 Å². The standard InChI is InChI=1S/C23H30NO2P/c1-22(2,3)27(25,23(4,5)6)24-16-15-19-20(24)13-10-14-21(19)26-17-18-11-8-7-9-12-18/h7-16H,17H2,1-6H3. The van der Waals surface area contributed by atoms with Gasteiger partial charge in [-0.1, -0.05) is 77.9 Å². The van der Waals surface area contributed by atoms with Gasteiger partial charge in [0.05, 0.1) is 5.52 Å². The Bertz CT molecular complexity index is 957. The molecule has 0 N–H and O–H groups in total. The van der Waals surface area contributed by atoms with E-state index < -0.39 is 7.29 Å². The van der Waals surface area contributed by atoms with Crippen LogP contribution in [-0.4, -0.2) is 14.6 Å². The molecule has 3 aromatic rings. The number of ether oxygens (including phenoxy) is 1. The van der Waals surface area contributed by atoms with Crippen molar-refractivity contribution >= 4 is 18.2 Å². The molecule has 0 amide bonds. The topological polar surface area (TPSA) is 31.2 Å². The van der Waals surface area contributed by atoms with Gasteiger partial charge in [-0.25, -0.2) is 0 Å². The van der Waals surface area contributed by atoms with E-state index in [0.29, 0.717) is 6.61 Å². The summed E-state index contributed by atoms with van der Waals surface area (Å²) in [5.74, 6) is 0.824. The first-order valence-electron chi connectivity index (χ1n) is 9.43. The molecule has 0 bridgehead atoms. The van der Waals surface area contributed by atoms with Crippen LogP contribution in [0, 0.1) is 0 Å². The summed E-state index contributed by atoms with van der Waals surface area (Å²) >= 11 is 0. The van der Waals surface area contributed by atoms with Gasteiger partial charge in [0.15, 0.2) is 7.29 Å². The van der Waals surface area contributed by atoms with Crippen LogP contribution in [0.5, 0.6) is 5.75 Å². The molecule has 0 saturated carbocycles. The highest BCUT2D eigenvalue weighted by atomic mass is 31.2. The molecule has 27 heavy (non-hydrogen) atoms. The molecule has 3 rings (SSSR count). The molecule has 0 atom stereocenters. The molecule has 1 heterocycles. The molecule has 1 aromatic heterocycles. The summed E-state index contributed by atoms with van der Waals surface area (Å²) in [7, 11) is -2.77. The maximum atomic E-state index is 14.3. The Labute approximate surface area is 162 Å².